The number of amides is 2. The molecule has 0 bridgehead atoms. The monoisotopic (exact) mass is 404 g/mol. The van der Waals surface area contributed by atoms with Gasteiger partial charge in [0.25, 0.3) is 0 Å². The number of carbonyl (C=O) groups excluding carboxylic acids is 2. The summed E-state index contributed by atoms with van der Waals surface area (Å²) in [6, 6.07) is 9.24. The predicted octanol–water partition coefficient (Wildman–Crippen LogP) is -0.333. The second kappa shape index (κ2) is 11.9. The molecule has 0 atom stereocenters. The molecule has 0 aliphatic carbocycles. The maximum absolute atomic E-state index is 12.8. The van der Waals surface area contributed by atoms with Gasteiger partial charge in [-0.15, -0.1) is 0 Å². The summed E-state index contributed by atoms with van der Waals surface area (Å²) in [7, 11) is 0. The van der Waals surface area contributed by atoms with Gasteiger partial charge in [0.1, 0.15) is 5.92 Å². The first-order valence-corrected chi connectivity index (χ1v) is 10.4. The lowest BCUT2D eigenvalue weighted by molar-refractivity contribution is -0.131. The summed E-state index contributed by atoms with van der Waals surface area (Å²) in [6.45, 7) is 8.97. The van der Waals surface area contributed by atoms with Gasteiger partial charge in [-0.05, 0) is 5.56 Å². The number of morpholine rings is 2. The summed E-state index contributed by atoms with van der Waals surface area (Å²) < 4.78 is 10.7. The van der Waals surface area contributed by atoms with Crippen molar-refractivity contribution in [3.05, 3.63) is 35.9 Å². The highest BCUT2D eigenvalue weighted by Crippen LogP contribution is 2.16. The number of ether oxygens (including phenoxy) is 2. The third-order valence-electron chi connectivity index (χ3n) is 5.32. The Labute approximate surface area is 172 Å². The van der Waals surface area contributed by atoms with Gasteiger partial charge in [0, 0.05) is 52.4 Å². The molecule has 2 amide bonds. The van der Waals surface area contributed by atoms with Gasteiger partial charge in [0.05, 0.1) is 26.4 Å². The highest BCUT2D eigenvalue weighted by atomic mass is 16.5. The van der Waals surface area contributed by atoms with Crippen molar-refractivity contribution in [2.24, 2.45) is 0 Å². The van der Waals surface area contributed by atoms with Gasteiger partial charge in [-0.3, -0.25) is 19.4 Å². The number of carbonyl (C=O) groups is 2. The molecule has 1 aromatic rings. The summed E-state index contributed by atoms with van der Waals surface area (Å²) in [5.41, 5.74) is 0.709. The molecule has 2 fully saturated rings. The van der Waals surface area contributed by atoms with Crippen LogP contribution in [0.4, 0.5) is 0 Å². The van der Waals surface area contributed by atoms with E-state index < -0.39 is 5.92 Å². The molecule has 8 heteroatoms. The van der Waals surface area contributed by atoms with Crippen LogP contribution in [-0.2, 0) is 19.1 Å². The van der Waals surface area contributed by atoms with E-state index in [0.29, 0.717) is 18.7 Å². The van der Waals surface area contributed by atoms with Crippen LogP contribution in [0.5, 0.6) is 0 Å². The third kappa shape index (κ3) is 7.08. The summed E-state index contributed by atoms with van der Waals surface area (Å²) in [5, 5.41) is 5.88. The molecule has 0 saturated carbocycles. The Morgan fingerprint density at radius 3 is 1.69 bits per heavy atom. The van der Waals surface area contributed by atoms with E-state index in [1.807, 2.05) is 30.3 Å². The third-order valence-corrected chi connectivity index (χ3v) is 5.32. The van der Waals surface area contributed by atoms with Crippen molar-refractivity contribution in [3.8, 4) is 0 Å². The van der Waals surface area contributed by atoms with Crippen LogP contribution in [0, 0.1) is 0 Å². The normalized spacial score (nSPS) is 18.5. The molecule has 3 rings (SSSR count). The van der Waals surface area contributed by atoms with E-state index in [0.717, 1.165) is 65.7 Å². The first-order valence-electron chi connectivity index (χ1n) is 10.4. The molecular weight excluding hydrogens is 372 g/mol. The van der Waals surface area contributed by atoms with Crippen molar-refractivity contribution in [2.45, 2.75) is 5.92 Å². The average Bonchev–Trinajstić information content (AvgIpc) is 2.76. The van der Waals surface area contributed by atoms with Gasteiger partial charge in [-0.25, -0.2) is 0 Å². The highest BCUT2D eigenvalue weighted by molar-refractivity contribution is 6.05. The van der Waals surface area contributed by atoms with Crippen molar-refractivity contribution < 1.29 is 19.1 Å². The standard InChI is InChI=1S/C21H32N4O4/c26-20(22-6-8-24-10-14-28-15-11-24)19(18-4-2-1-3-5-18)21(27)23-7-9-25-12-16-29-17-13-25/h1-5,19H,6-17H2,(H,22,26)(H,23,27). The quantitative estimate of drug-likeness (QED) is 0.549. The summed E-state index contributed by atoms with van der Waals surface area (Å²) in [6.07, 6.45) is 0. The van der Waals surface area contributed by atoms with Crippen LogP contribution >= 0.6 is 0 Å². The maximum atomic E-state index is 12.8. The van der Waals surface area contributed by atoms with Crippen molar-refractivity contribution in [1.82, 2.24) is 20.4 Å². The first kappa shape index (κ1) is 21.7. The van der Waals surface area contributed by atoms with E-state index in [1.54, 1.807) is 0 Å². The molecule has 160 valence electrons. The zero-order valence-corrected chi connectivity index (χ0v) is 17.0. The van der Waals surface area contributed by atoms with Gasteiger partial charge in [-0.1, -0.05) is 30.3 Å². The van der Waals surface area contributed by atoms with Crippen molar-refractivity contribution in [2.75, 3.05) is 78.8 Å². The predicted molar refractivity (Wildman–Crippen MR) is 110 cm³/mol. The Kier molecular flexibility index (Phi) is 8.88. The fourth-order valence-corrected chi connectivity index (χ4v) is 3.60. The number of hydrogen-bond donors (Lipinski definition) is 2. The number of rotatable bonds is 9. The van der Waals surface area contributed by atoms with Crippen LogP contribution in [0.1, 0.15) is 11.5 Å². The number of benzene rings is 1. The molecule has 2 aliphatic rings. The highest BCUT2D eigenvalue weighted by Gasteiger charge is 2.28. The fourth-order valence-electron chi connectivity index (χ4n) is 3.60. The molecule has 2 aliphatic heterocycles. The molecular formula is C21H32N4O4. The molecule has 2 N–H and O–H groups in total. The SMILES string of the molecule is O=C(NCCN1CCOCC1)C(C(=O)NCCN1CCOCC1)c1ccccc1. The first-order chi connectivity index (χ1) is 14.2. The minimum atomic E-state index is -0.842. The molecule has 0 aromatic heterocycles. The van der Waals surface area contributed by atoms with E-state index in [9.17, 15) is 9.59 Å². The van der Waals surface area contributed by atoms with Crippen molar-refractivity contribution in [1.29, 1.82) is 0 Å². The molecule has 8 nitrogen and oxygen atoms in total. The Morgan fingerprint density at radius 2 is 1.24 bits per heavy atom. The molecule has 2 saturated heterocycles. The summed E-state index contributed by atoms with van der Waals surface area (Å²) >= 11 is 0. The Morgan fingerprint density at radius 1 is 0.793 bits per heavy atom. The van der Waals surface area contributed by atoms with Crippen molar-refractivity contribution in [3.63, 3.8) is 0 Å². The molecule has 0 spiro atoms. The molecule has 29 heavy (non-hydrogen) atoms. The lowest BCUT2D eigenvalue weighted by Crippen LogP contribution is -2.46. The number of hydrogen-bond acceptors (Lipinski definition) is 6. The van der Waals surface area contributed by atoms with Gasteiger partial charge in [-0.2, -0.15) is 0 Å². The van der Waals surface area contributed by atoms with Crippen LogP contribution in [0.3, 0.4) is 0 Å². The van der Waals surface area contributed by atoms with E-state index in [2.05, 4.69) is 20.4 Å². The van der Waals surface area contributed by atoms with Gasteiger partial charge < -0.3 is 20.1 Å². The van der Waals surface area contributed by atoms with E-state index in [4.69, 9.17) is 9.47 Å². The smallest absolute Gasteiger partial charge is 0.237 e. The van der Waals surface area contributed by atoms with E-state index in [1.165, 1.54) is 0 Å². The topological polar surface area (TPSA) is 83.1 Å². The Bertz CT molecular complexity index is 595. The average molecular weight is 405 g/mol. The Balaban J connectivity index is 1.50. The van der Waals surface area contributed by atoms with Gasteiger partial charge >= 0.3 is 0 Å². The van der Waals surface area contributed by atoms with Crippen LogP contribution in [0.25, 0.3) is 0 Å². The van der Waals surface area contributed by atoms with Crippen LogP contribution in [0.2, 0.25) is 0 Å². The van der Waals surface area contributed by atoms with E-state index in [-0.39, 0.29) is 11.8 Å². The zero-order chi connectivity index (χ0) is 20.3. The largest absolute Gasteiger partial charge is 0.379 e. The van der Waals surface area contributed by atoms with Crippen LogP contribution < -0.4 is 10.6 Å². The van der Waals surface area contributed by atoms with Gasteiger partial charge in [0.15, 0.2) is 0 Å². The summed E-state index contributed by atoms with van der Waals surface area (Å²) in [4.78, 5) is 30.2. The lowest BCUT2D eigenvalue weighted by atomic mass is 9.97. The fraction of sp³-hybridized carbons (Fsp3) is 0.619. The molecule has 2 heterocycles. The maximum Gasteiger partial charge on any atom is 0.237 e. The molecule has 0 unspecified atom stereocenters. The lowest BCUT2D eigenvalue weighted by Gasteiger charge is -2.27. The Hall–Kier alpha value is -2.00. The second-order valence-corrected chi connectivity index (χ2v) is 7.33. The second-order valence-electron chi connectivity index (χ2n) is 7.33. The number of nitrogens with one attached hydrogen (secondary N) is 2. The van der Waals surface area contributed by atoms with Gasteiger partial charge in [0.2, 0.25) is 11.8 Å². The van der Waals surface area contributed by atoms with Crippen molar-refractivity contribution >= 4 is 11.8 Å². The zero-order valence-electron chi connectivity index (χ0n) is 17.0. The molecule has 0 radical (unpaired) electrons. The van der Waals surface area contributed by atoms with Crippen LogP contribution in [-0.4, -0.2) is 100 Å². The van der Waals surface area contributed by atoms with Crippen LogP contribution in [0.15, 0.2) is 30.3 Å². The minimum absolute atomic E-state index is 0.256. The van der Waals surface area contributed by atoms with E-state index >= 15 is 0 Å². The number of nitrogens with zero attached hydrogens (tertiary/aromatic N) is 2. The minimum Gasteiger partial charge on any atom is -0.379 e. The summed E-state index contributed by atoms with van der Waals surface area (Å²) in [5.74, 6) is -1.35. The molecule has 1 aromatic carbocycles.